The molecule has 3 nitrogen and oxygen atoms in total. The van der Waals surface area contributed by atoms with Gasteiger partial charge in [-0.2, -0.15) is 0 Å². The van der Waals surface area contributed by atoms with Crippen molar-refractivity contribution >= 4 is 5.91 Å². The molecule has 0 spiro atoms. The van der Waals surface area contributed by atoms with E-state index in [1.807, 2.05) is 0 Å². The molecule has 0 aromatic rings. The zero-order valence-electron chi connectivity index (χ0n) is 11.2. The average molecular weight is 226 g/mol. The Kier molecular flexibility index (Phi) is 4.36. The van der Waals surface area contributed by atoms with Crippen molar-refractivity contribution in [1.29, 1.82) is 0 Å². The van der Waals surface area contributed by atoms with Crippen LogP contribution in [0.4, 0.5) is 0 Å². The van der Waals surface area contributed by atoms with E-state index in [0.29, 0.717) is 0 Å². The molecular formula is C13H26N2O. The van der Waals surface area contributed by atoms with E-state index < -0.39 is 0 Å². The minimum Gasteiger partial charge on any atom is -0.355 e. The van der Waals surface area contributed by atoms with E-state index >= 15 is 0 Å². The highest BCUT2D eigenvalue weighted by Gasteiger charge is 2.39. The molecule has 3 heteroatoms. The van der Waals surface area contributed by atoms with Crippen LogP contribution in [0.3, 0.4) is 0 Å². The number of amides is 1. The van der Waals surface area contributed by atoms with Crippen LogP contribution < -0.4 is 10.6 Å². The second-order valence-corrected chi connectivity index (χ2v) is 5.76. The molecule has 2 N–H and O–H groups in total. The Labute approximate surface area is 99.4 Å². The molecule has 1 rings (SSSR count). The van der Waals surface area contributed by atoms with Crippen LogP contribution in [0, 0.1) is 10.8 Å². The van der Waals surface area contributed by atoms with Gasteiger partial charge in [0.15, 0.2) is 0 Å². The van der Waals surface area contributed by atoms with Gasteiger partial charge in [0, 0.05) is 13.1 Å². The Morgan fingerprint density at radius 1 is 1.44 bits per heavy atom. The summed E-state index contributed by atoms with van der Waals surface area (Å²) >= 11 is 0. The third kappa shape index (κ3) is 2.97. The Morgan fingerprint density at radius 3 is 2.56 bits per heavy atom. The third-order valence-corrected chi connectivity index (χ3v) is 4.09. The fourth-order valence-electron chi connectivity index (χ4n) is 2.03. The van der Waals surface area contributed by atoms with Gasteiger partial charge in [0.2, 0.25) is 5.91 Å². The molecule has 0 aromatic carbocycles. The third-order valence-electron chi connectivity index (χ3n) is 4.09. The monoisotopic (exact) mass is 226 g/mol. The van der Waals surface area contributed by atoms with Crippen molar-refractivity contribution in [2.45, 2.75) is 47.0 Å². The molecule has 0 bridgehead atoms. The summed E-state index contributed by atoms with van der Waals surface area (Å²) in [7, 11) is 0. The quantitative estimate of drug-likeness (QED) is 0.752. The van der Waals surface area contributed by atoms with Gasteiger partial charge >= 0.3 is 0 Å². The molecule has 0 saturated carbocycles. The molecule has 94 valence electrons. The van der Waals surface area contributed by atoms with Gasteiger partial charge in [0.05, 0.1) is 5.41 Å². The van der Waals surface area contributed by atoms with Crippen molar-refractivity contribution in [3.8, 4) is 0 Å². The normalized spacial score (nSPS) is 25.8. The minimum absolute atomic E-state index is 0.149. The maximum Gasteiger partial charge on any atom is 0.227 e. The van der Waals surface area contributed by atoms with E-state index in [1.165, 1.54) is 0 Å². The predicted molar refractivity (Wildman–Crippen MR) is 67.3 cm³/mol. The van der Waals surface area contributed by atoms with Gasteiger partial charge in [-0.05, 0) is 31.2 Å². The van der Waals surface area contributed by atoms with E-state index in [-0.39, 0.29) is 16.7 Å². The Balaban J connectivity index is 2.51. The number of rotatable bonds is 5. The fourth-order valence-corrected chi connectivity index (χ4v) is 2.03. The first-order valence-corrected chi connectivity index (χ1v) is 6.45. The number of carbonyl (C=O) groups is 1. The number of hydrogen-bond acceptors (Lipinski definition) is 2. The number of hydrogen-bond donors (Lipinski definition) is 2. The van der Waals surface area contributed by atoms with Crippen molar-refractivity contribution in [1.82, 2.24) is 10.6 Å². The molecule has 1 atom stereocenters. The molecule has 1 heterocycles. The van der Waals surface area contributed by atoms with Gasteiger partial charge in [-0.15, -0.1) is 0 Å². The van der Waals surface area contributed by atoms with Crippen molar-refractivity contribution < 1.29 is 4.79 Å². The predicted octanol–water partition coefficient (Wildman–Crippen LogP) is 1.93. The summed E-state index contributed by atoms with van der Waals surface area (Å²) < 4.78 is 0. The standard InChI is InChI=1S/C13H26N2O/c1-5-12(3,4)9-15-11(16)13(6-2)7-8-14-10-13/h14H,5-10H2,1-4H3,(H,15,16). The maximum atomic E-state index is 12.2. The minimum atomic E-state index is -0.149. The van der Waals surface area contributed by atoms with Crippen LogP contribution in [-0.4, -0.2) is 25.5 Å². The largest absolute Gasteiger partial charge is 0.355 e. The molecule has 1 aliphatic heterocycles. The maximum absolute atomic E-state index is 12.2. The SMILES string of the molecule is CCC(C)(C)CNC(=O)C1(CC)CCNC1. The fraction of sp³-hybridized carbons (Fsp3) is 0.923. The summed E-state index contributed by atoms with van der Waals surface area (Å²) in [5.74, 6) is 0.238. The molecule has 1 aliphatic rings. The summed E-state index contributed by atoms with van der Waals surface area (Å²) in [6.45, 7) is 11.2. The summed E-state index contributed by atoms with van der Waals surface area (Å²) in [4.78, 5) is 12.2. The second kappa shape index (κ2) is 5.17. The van der Waals surface area contributed by atoms with Crippen molar-refractivity contribution in [3.05, 3.63) is 0 Å². The highest BCUT2D eigenvalue weighted by molar-refractivity contribution is 5.83. The van der Waals surface area contributed by atoms with Gasteiger partial charge < -0.3 is 10.6 Å². The average Bonchev–Trinajstić information content (AvgIpc) is 2.76. The highest BCUT2D eigenvalue weighted by atomic mass is 16.2. The van der Waals surface area contributed by atoms with Crippen molar-refractivity contribution in [3.63, 3.8) is 0 Å². The Morgan fingerprint density at radius 2 is 2.12 bits per heavy atom. The van der Waals surface area contributed by atoms with Crippen LogP contribution in [0.1, 0.15) is 47.0 Å². The smallest absolute Gasteiger partial charge is 0.227 e. The topological polar surface area (TPSA) is 41.1 Å². The van der Waals surface area contributed by atoms with Gasteiger partial charge in [0.25, 0.3) is 0 Å². The zero-order valence-corrected chi connectivity index (χ0v) is 11.2. The van der Waals surface area contributed by atoms with E-state index in [2.05, 4.69) is 38.3 Å². The zero-order chi connectivity index (χ0) is 12.2. The molecule has 1 fully saturated rings. The Bertz CT molecular complexity index is 242. The molecule has 0 radical (unpaired) electrons. The van der Waals surface area contributed by atoms with E-state index in [9.17, 15) is 4.79 Å². The highest BCUT2D eigenvalue weighted by Crippen LogP contribution is 2.30. The number of nitrogens with one attached hydrogen (secondary N) is 2. The van der Waals surface area contributed by atoms with Crippen LogP contribution >= 0.6 is 0 Å². The van der Waals surface area contributed by atoms with Crippen LogP contribution in [0.2, 0.25) is 0 Å². The van der Waals surface area contributed by atoms with Crippen LogP contribution in [0.25, 0.3) is 0 Å². The van der Waals surface area contributed by atoms with E-state index in [4.69, 9.17) is 0 Å². The van der Waals surface area contributed by atoms with Gasteiger partial charge in [-0.25, -0.2) is 0 Å². The first-order chi connectivity index (χ1) is 7.46. The summed E-state index contributed by atoms with van der Waals surface area (Å²) in [5.41, 5.74) is 0.0560. The Hall–Kier alpha value is -0.570. The molecule has 1 amide bonds. The first-order valence-electron chi connectivity index (χ1n) is 6.45. The lowest BCUT2D eigenvalue weighted by Gasteiger charge is -2.29. The summed E-state index contributed by atoms with van der Waals surface area (Å²) in [6.07, 6.45) is 2.99. The van der Waals surface area contributed by atoms with Crippen molar-refractivity contribution in [2.75, 3.05) is 19.6 Å². The van der Waals surface area contributed by atoms with E-state index in [1.54, 1.807) is 0 Å². The molecule has 0 aromatic heterocycles. The molecular weight excluding hydrogens is 200 g/mol. The van der Waals surface area contributed by atoms with Gasteiger partial charge in [0.1, 0.15) is 0 Å². The number of carbonyl (C=O) groups excluding carboxylic acids is 1. The molecule has 1 saturated heterocycles. The first kappa shape index (κ1) is 13.5. The van der Waals surface area contributed by atoms with Crippen LogP contribution in [-0.2, 0) is 4.79 Å². The molecule has 16 heavy (non-hydrogen) atoms. The lowest BCUT2D eigenvalue weighted by Crippen LogP contribution is -2.45. The molecule has 1 unspecified atom stereocenters. The van der Waals surface area contributed by atoms with E-state index in [0.717, 1.165) is 38.9 Å². The van der Waals surface area contributed by atoms with Gasteiger partial charge in [-0.3, -0.25) is 4.79 Å². The van der Waals surface area contributed by atoms with Crippen LogP contribution in [0.15, 0.2) is 0 Å². The van der Waals surface area contributed by atoms with Crippen LogP contribution in [0.5, 0.6) is 0 Å². The second-order valence-electron chi connectivity index (χ2n) is 5.76. The summed E-state index contributed by atoms with van der Waals surface area (Å²) in [5, 5.41) is 6.42. The molecule has 0 aliphatic carbocycles. The summed E-state index contributed by atoms with van der Waals surface area (Å²) in [6, 6.07) is 0. The van der Waals surface area contributed by atoms with Gasteiger partial charge in [-0.1, -0.05) is 27.7 Å². The van der Waals surface area contributed by atoms with Crippen molar-refractivity contribution in [2.24, 2.45) is 10.8 Å². The lowest BCUT2D eigenvalue weighted by atomic mass is 9.82. The lowest BCUT2D eigenvalue weighted by molar-refractivity contribution is -0.130.